The largest absolute Gasteiger partial charge is 0.432 e. The lowest BCUT2D eigenvalue weighted by Crippen LogP contribution is -2.44. The molecule has 3 aromatic rings. The van der Waals surface area contributed by atoms with E-state index < -0.39 is 30.6 Å². The van der Waals surface area contributed by atoms with Crippen molar-refractivity contribution in [3.63, 3.8) is 0 Å². The van der Waals surface area contributed by atoms with Gasteiger partial charge in [0.25, 0.3) is 6.10 Å². The molecule has 0 N–H and O–H groups in total. The number of rotatable bonds is 7. The molecular formula is C20H20F3N5O4. The van der Waals surface area contributed by atoms with Crippen LogP contribution in [0, 0.1) is 6.92 Å². The van der Waals surface area contributed by atoms with Crippen LogP contribution in [0.2, 0.25) is 0 Å². The third kappa shape index (κ3) is 5.50. The van der Waals surface area contributed by atoms with Gasteiger partial charge in [0.05, 0.1) is 6.42 Å². The maximum absolute atomic E-state index is 13.4. The molecule has 170 valence electrons. The van der Waals surface area contributed by atoms with E-state index in [1.54, 1.807) is 38.2 Å². The van der Waals surface area contributed by atoms with Gasteiger partial charge in [-0.05, 0) is 11.6 Å². The second-order valence-corrected chi connectivity index (χ2v) is 7.10. The number of aromatic nitrogens is 4. The van der Waals surface area contributed by atoms with Crippen LogP contribution in [0.15, 0.2) is 41.2 Å². The van der Waals surface area contributed by atoms with Gasteiger partial charge in [-0.3, -0.25) is 4.79 Å². The monoisotopic (exact) mass is 451 g/mol. The first kappa shape index (κ1) is 23.0. The molecule has 0 fully saturated rings. The van der Waals surface area contributed by atoms with Crippen LogP contribution in [0.5, 0.6) is 0 Å². The van der Waals surface area contributed by atoms with Gasteiger partial charge < -0.3 is 18.7 Å². The van der Waals surface area contributed by atoms with Gasteiger partial charge in [0.2, 0.25) is 11.7 Å². The highest BCUT2D eigenvalue weighted by Crippen LogP contribution is 2.26. The van der Waals surface area contributed by atoms with Gasteiger partial charge in [0.1, 0.15) is 5.82 Å². The fraction of sp³-hybridized carbons (Fsp3) is 0.350. The van der Waals surface area contributed by atoms with Crippen molar-refractivity contribution in [1.29, 1.82) is 0 Å². The Morgan fingerprint density at radius 3 is 2.66 bits per heavy atom. The molecule has 0 saturated heterocycles. The van der Waals surface area contributed by atoms with Crippen molar-refractivity contribution in [2.75, 3.05) is 7.05 Å². The van der Waals surface area contributed by atoms with Gasteiger partial charge >= 0.3 is 12.3 Å². The van der Waals surface area contributed by atoms with Crippen LogP contribution in [0.25, 0.3) is 11.4 Å². The molecule has 0 bridgehead atoms. The Morgan fingerprint density at radius 1 is 1.31 bits per heavy atom. The Kier molecular flexibility index (Phi) is 6.61. The van der Waals surface area contributed by atoms with E-state index in [2.05, 4.69) is 19.9 Å². The highest BCUT2D eigenvalue weighted by molar-refractivity contribution is 5.87. The van der Waals surface area contributed by atoms with Gasteiger partial charge in [-0.15, -0.1) is 0 Å². The predicted molar refractivity (Wildman–Crippen MR) is 104 cm³/mol. The number of Topliss-reactive ketones (excluding diaryl/α,β-unsaturated/α-hetero) is 1. The Morgan fingerprint density at radius 2 is 2.06 bits per heavy atom. The first-order valence-electron chi connectivity index (χ1n) is 9.41. The summed E-state index contributed by atoms with van der Waals surface area (Å²) in [7, 11) is 2.81. The van der Waals surface area contributed by atoms with E-state index >= 15 is 0 Å². The predicted octanol–water partition coefficient (Wildman–Crippen LogP) is 3.09. The van der Waals surface area contributed by atoms with Crippen LogP contribution in [0.1, 0.15) is 17.3 Å². The zero-order valence-corrected chi connectivity index (χ0v) is 17.5. The Balaban J connectivity index is 1.68. The van der Waals surface area contributed by atoms with Crippen molar-refractivity contribution < 1.29 is 32.0 Å². The van der Waals surface area contributed by atoms with Crippen LogP contribution in [-0.2, 0) is 29.5 Å². The molecule has 0 saturated carbocycles. The number of ketones is 1. The highest BCUT2D eigenvalue weighted by Gasteiger charge is 2.48. The van der Waals surface area contributed by atoms with Crippen molar-refractivity contribution in [1.82, 2.24) is 24.6 Å². The molecule has 1 unspecified atom stereocenters. The quantitative estimate of drug-likeness (QED) is 0.544. The van der Waals surface area contributed by atoms with E-state index in [1.165, 1.54) is 24.0 Å². The lowest BCUT2D eigenvalue weighted by molar-refractivity contribution is -0.205. The number of nitrogens with zero attached hydrogens (tertiary/aromatic N) is 5. The second kappa shape index (κ2) is 9.20. The lowest BCUT2D eigenvalue weighted by Gasteiger charge is -2.23. The number of alkyl halides is 3. The second-order valence-electron chi connectivity index (χ2n) is 7.10. The molecule has 0 spiro atoms. The fourth-order valence-electron chi connectivity index (χ4n) is 2.88. The molecule has 0 radical (unpaired) electrons. The van der Waals surface area contributed by atoms with Crippen molar-refractivity contribution in [2.45, 2.75) is 32.2 Å². The number of carbonyl (C=O) groups is 2. The van der Waals surface area contributed by atoms with E-state index in [9.17, 15) is 22.8 Å². The first-order valence-corrected chi connectivity index (χ1v) is 9.41. The standard InChI is InChI=1S/C20H20F3N5O4/c1-12-25-18(26-32-12)14-6-4-5-13(9-14)11-28(3)19(30)31-17(20(21,22)23)15(29)10-16-24-7-8-27(16)2/h4-9,17H,10-11H2,1-3H3. The number of benzene rings is 1. The number of hydrogen-bond acceptors (Lipinski definition) is 7. The molecule has 3 rings (SSSR count). The first-order chi connectivity index (χ1) is 15.0. The smallest absolute Gasteiger partial charge is 0.428 e. The zero-order chi connectivity index (χ0) is 23.5. The number of halogens is 3. The van der Waals surface area contributed by atoms with Crippen molar-refractivity contribution in [2.24, 2.45) is 7.05 Å². The summed E-state index contributed by atoms with van der Waals surface area (Å²) in [6.45, 7) is 1.57. The van der Waals surface area contributed by atoms with E-state index in [0.717, 1.165) is 4.90 Å². The SMILES string of the molecule is Cc1nc(-c2cccc(CN(C)C(=O)OC(C(=O)Cc3nccn3C)C(F)(F)F)c2)no1. The van der Waals surface area contributed by atoms with E-state index in [0.29, 0.717) is 22.8 Å². The third-order valence-electron chi connectivity index (χ3n) is 4.51. The highest BCUT2D eigenvalue weighted by atomic mass is 19.4. The maximum atomic E-state index is 13.4. The number of hydrogen-bond donors (Lipinski definition) is 0. The van der Waals surface area contributed by atoms with Crippen LogP contribution in [-0.4, -0.2) is 55.8 Å². The summed E-state index contributed by atoms with van der Waals surface area (Å²) in [6.07, 6.45) is -7.03. The Bertz CT molecular complexity index is 1110. The number of imidazole rings is 1. The van der Waals surface area contributed by atoms with E-state index in [-0.39, 0.29) is 12.4 Å². The summed E-state index contributed by atoms with van der Waals surface area (Å²) in [5.41, 5.74) is 1.20. The molecule has 1 aromatic carbocycles. The molecule has 32 heavy (non-hydrogen) atoms. The Hall–Kier alpha value is -3.70. The molecule has 9 nitrogen and oxygen atoms in total. The lowest BCUT2D eigenvalue weighted by atomic mass is 10.1. The summed E-state index contributed by atoms with van der Waals surface area (Å²) in [6, 6.07) is 6.75. The van der Waals surface area contributed by atoms with Gasteiger partial charge in [0.15, 0.2) is 5.78 Å². The summed E-state index contributed by atoms with van der Waals surface area (Å²) in [5.74, 6) is -0.476. The fourth-order valence-corrected chi connectivity index (χ4v) is 2.88. The molecule has 2 aromatic heterocycles. The third-order valence-corrected chi connectivity index (χ3v) is 4.51. The maximum Gasteiger partial charge on any atom is 0.432 e. The molecule has 1 atom stereocenters. The molecule has 0 aliphatic carbocycles. The van der Waals surface area contributed by atoms with Crippen molar-refractivity contribution in [3.05, 3.63) is 53.9 Å². The number of carbonyl (C=O) groups excluding carboxylic acids is 2. The Labute approximate surface area is 180 Å². The molecule has 0 aliphatic heterocycles. The number of aryl methyl sites for hydroxylation is 2. The van der Waals surface area contributed by atoms with Crippen molar-refractivity contribution in [3.8, 4) is 11.4 Å². The number of amides is 1. The minimum atomic E-state index is -5.06. The topological polar surface area (TPSA) is 103 Å². The van der Waals surface area contributed by atoms with E-state index in [1.807, 2.05) is 0 Å². The van der Waals surface area contributed by atoms with Gasteiger partial charge in [-0.1, -0.05) is 23.4 Å². The van der Waals surface area contributed by atoms with Gasteiger partial charge in [-0.2, -0.15) is 18.2 Å². The molecule has 1 amide bonds. The van der Waals surface area contributed by atoms with Crippen LogP contribution < -0.4 is 0 Å². The summed E-state index contributed by atoms with van der Waals surface area (Å²) in [5, 5.41) is 3.80. The molecule has 12 heteroatoms. The van der Waals surface area contributed by atoms with Gasteiger partial charge in [0, 0.05) is 45.5 Å². The molecular weight excluding hydrogens is 431 g/mol. The minimum absolute atomic E-state index is 0.0678. The minimum Gasteiger partial charge on any atom is -0.428 e. The van der Waals surface area contributed by atoms with Crippen molar-refractivity contribution >= 4 is 11.9 Å². The normalized spacial score (nSPS) is 12.4. The molecule has 0 aliphatic rings. The van der Waals surface area contributed by atoms with E-state index in [4.69, 9.17) is 4.52 Å². The summed E-state index contributed by atoms with van der Waals surface area (Å²) >= 11 is 0. The zero-order valence-electron chi connectivity index (χ0n) is 17.5. The van der Waals surface area contributed by atoms with Gasteiger partial charge in [-0.25, -0.2) is 9.78 Å². The van der Waals surface area contributed by atoms with Crippen LogP contribution in [0.4, 0.5) is 18.0 Å². The summed E-state index contributed by atoms with van der Waals surface area (Å²) in [4.78, 5) is 33.4. The average Bonchev–Trinajstić information content (AvgIpc) is 3.33. The average molecular weight is 451 g/mol. The molecule has 2 heterocycles. The van der Waals surface area contributed by atoms with Crippen LogP contribution in [0.3, 0.4) is 0 Å². The number of ether oxygens (including phenoxy) is 1. The van der Waals surface area contributed by atoms with Crippen LogP contribution >= 0.6 is 0 Å². The summed E-state index contributed by atoms with van der Waals surface area (Å²) < 4.78 is 51.2.